The molecule has 0 radical (unpaired) electrons. The van der Waals surface area contributed by atoms with Crippen molar-refractivity contribution in [2.75, 3.05) is 13.2 Å². The van der Waals surface area contributed by atoms with Crippen LogP contribution in [0, 0.1) is 0 Å². The van der Waals surface area contributed by atoms with Crippen LogP contribution in [0.25, 0.3) is 0 Å². The topological polar surface area (TPSA) is 95.9 Å². The number of esters is 1. The highest BCUT2D eigenvalue weighted by molar-refractivity contribution is 5.76. The predicted molar refractivity (Wildman–Crippen MR) is 283 cm³/mol. The van der Waals surface area contributed by atoms with Crippen molar-refractivity contribution in [3.63, 3.8) is 0 Å². The zero-order valence-electron chi connectivity index (χ0n) is 43.5. The average molecular weight is 915 g/mol. The van der Waals surface area contributed by atoms with Gasteiger partial charge in [0.25, 0.3) is 0 Å². The minimum Gasteiger partial charge on any atom is -0.466 e. The molecule has 2 unspecified atom stereocenters. The lowest BCUT2D eigenvalue weighted by molar-refractivity contribution is -0.143. The van der Waals surface area contributed by atoms with Gasteiger partial charge in [-0.3, -0.25) is 9.59 Å². The van der Waals surface area contributed by atoms with Crippen molar-refractivity contribution in [3.05, 3.63) is 36.5 Å². The summed E-state index contributed by atoms with van der Waals surface area (Å²) >= 11 is 0. The first-order valence-electron chi connectivity index (χ1n) is 28.8. The van der Waals surface area contributed by atoms with Crippen molar-refractivity contribution in [2.45, 2.75) is 315 Å². The van der Waals surface area contributed by atoms with Crippen molar-refractivity contribution >= 4 is 11.9 Å². The number of amides is 1. The second-order valence-corrected chi connectivity index (χ2v) is 19.6. The van der Waals surface area contributed by atoms with Gasteiger partial charge in [-0.1, -0.05) is 269 Å². The third-order valence-electron chi connectivity index (χ3n) is 13.2. The number of hydrogen-bond acceptors (Lipinski definition) is 5. The molecule has 0 bridgehead atoms. The number of aliphatic hydroxyl groups is 2. The summed E-state index contributed by atoms with van der Waals surface area (Å²) in [6, 6.07) is -0.626. The molecule has 0 aromatic rings. The molecule has 6 heteroatoms. The molecule has 382 valence electrons. The third-order valence-corrected chi connectivity index (χ3v) is 13.2. The van der Waals surface area contributed by atoms with E-state index < -0.39 is 12.1 Å². The van der Waals surface area contributed by atoms with Gasteiger partial charge in [0.15, 0.2) is 0 Å². The molecule has 0 aromatic heterocycles. The second-order valence-electron chi connectivity index (χ2n) is 19.6. The molecule has 0 fully saturated rings. The van der Waals surface area contributed by atoms with Gasteiger partial charge in [0.1, 0.15) is 0 Å². The lowest BCUT2D eigenvalue weighted by Gasteiger charge is -2.20. The van der Waals surface area contributed by atoms with Gasteiger partial charge in [-0.2, -0.15) is 0 Å². The van der Waals surface area contributed by atoms with Gasteiger partial charge >= 0.3 is 5.97 Å². The van der Waals surface area contributed by atoms with E-state index in [9.17, 15) is 19.8 Å². The Hall–Kier alpha value is -1.92. The minimum atomic E-state index is -0.842. The molecule has 0 rings (SSSR count). The monoisotopic (exact) mass is 914 g/mol. The van der Waals surface area contributed by atoms with Gasteiger partial charge in [0.05, 0.1) is 25.4 Å². The first kappa shape index (κ1) is 63.1. The number of rotatable bonds is 53. The normalized spacial score (nSPS) is 12.9. The Kier molecular flexibility index (Phi) is 53.1. The Balaban J connectivity index is 3.38. The van der Waals surface area contributed by atoms with Crippen LogP contribution in [-0.4, -0.2) is 47.4 Å². The van der Waals surface area contributed by atoms with Crippen LogP contribution >= 0.6 is 0 Å². The highest BCUT2D eigenvalue weighted by Gasteiger charge is 2.18. The molecule has 65 heavy (non-hydrogen) atoms. The number of hydrogen-bond donors (Lipinski definition) is 3. The summed E-state index contributed by atoms with van der Waals surface area (Å²) < 4.78 is 5.47. The summed E-state index contributed by atoms with van der Waals surface area (Å²) in [6.07, 6.45) is 67.4. The maximum atomic E-state index is 12.4. The van der Waals surface area contributed by atoms with Crippen molar-refractivity contribution < 1.29 is 24.5 Å². The van der Waals surface area contributed by atoms with E-state index in [1.807, 2.05) is 6.08 Å². The fraction of sp³-hybridized carbons (Fsp3) is 0.864. The molecule has 0 aliphatic rings. The largest absolute Gasteiger partial charge is 0.466 e. The van der Waals surface area contributed by atoms with Gasteiger partial charge in [-0.05, 0) is 57.8 Å². The predicted octanol–water partition coefficient (Wildman–Crippen LogP) is 17.6. The summed E-state index contributed by atoms with van der Waals surface area (Å²) in [7, 11) is 0. The molecular formula is C59H111NO5. The average Bonchev–Trinajstić information content (AvgIpc) is 3.31. The number of carbonyl (C=O) groups is 2. The molecule has 0 aromatic carbocycles. The fourth-order valence-corrected chi connectivity index (χ4v) is 8.71. The van der Waals surface area contributed by atoms with Gasteiger partial charge in [0.2, 0.25) is 5.91 Å². The zero-order chi connectivity index (χ0) is 47.2. The fourth-order valence-electron chi connectivity index (χ4n) is 8.71. The lowest BCUT2D eigenvalue weighted by atomic mass is 10.0. The quantitative estimate of drug-likeness (QED) is 0.0321. The molecule has 0 aliphatic carbocycles. The minimum absolute atomic E-state index is 0.00117. The third kappa shape index (κ3) is 51.3. The van der Waals surface area contributed by atoms with E-state index in [1.165, 1.54) is 225 Å². The van der Waals surface area contributed by atoms with E-state index in [0.29, 0.717) is 19.4 Å². The maximum Gasteiger partial charge on any atom is 0.305 e. The van der Waals surface area contributed by atoms with Crippen LogP contribution in [0.4, 0.5) is 0 Å². The van der Waals surface area contributed by atoms with E-state index in [2.05, 4.69) is 43.5 Å². The van der Waals surface area contributed by atoms with Gasteiger partial charge in [-0.25, -0.2) is 0 Å². The molecule has 0 saturated heterocycles. The van der Waals surface area contributed by atoms with Crippen LogP contribution in [0.2, 0.25) is 0 Å². The van der Waals surface area contributed by atoms with Crippen LogP contribution in [0.1, 0.15) is 303 Å². The van der Waals surface area contributed by atoms with E-state index in [-0.39, 0.29) is 18.5 Å². The van der Waals surface area contributed by atoms with Crippen molar-refractivity contribution in [1.82, 2.24) is 5.32 Å². The first-order valence-corrected chi connectivity index (χ1v) is 28.8. The van der Waals surface area contributed by atoms with Crippen molar-refractivity contribution in [1.29, 1.82) is 0 Å². The Morgan fingerprint density at radius 1 is 0.431 bits per heavy atom. The number of allylic oxidation sites excluding steroid dienone is 5. The molecule has 0 aliphatic heterocycles. The Bertz CT molecular complexity index is 1060. The van der Waals surface area contributed by atoms with Gasteiger partial charge in [0, 0.05) is 12.8 Å². The number of carbonyl (C=O) groups excluding carboxylic acids is 2. The molecular weight excluding hydrogens is 803 g/mol. The van der Waals surface area contributed by atoms with Crippen molar-refractivity contribution in [3.8, 4) is 0 Å². The standard InChI is InChI=1S/C59H111NO5/c1-3-5-7-9-11-13-15-16-29-33-37-41-45-49-53-59(64)65-54-50-46-42-38-34-30-27-25-23-21-19-17-18-20-22-24-26-28-32-36-40-44-48-52-58(63)60-56(55-61)57(62)51-47-43-39-35-31-14-12-10-8-6-4-2/h9,11,15-16,47,51,56-57,61-62H,3-8,10,12-14,17-46,48-50,52-55H2,1-2H3,(H,60,63)/b11-9-,16-15-,51-47+. The van der Waals surface area contributed by atoms with Crippen LogP contribution < -0.4 is 5.32 Å². The van der Waals surface area contributed by atoms with Gasteiger partial charge in [-0.15, -0.1) is 0 Å². The molecule has 0 heterocycles. The smallest absolute Gasteiger partial charge is 0.305 e. The Labute approximate surface area is 404 Å². The van der Waals surface area contributed by atoms with Crippen LogP contribution in [0.15, 0.2) is 36.5 Å². The van der Waals surface area contributed by atoms with Crippen LogP contribution in [-0.2, 0) is 14.3 Å². The number of nitrogens with one attached hydrogen (secondary N) is 1. The number of aliphatic hydroxyl groups excluding tert-OH is 2. The number of unbranched alkanes of at least 4 members (excludes halogenated alkanes) is 38. The highest BCUT2D eigenvalue weighted by atomic mass is 16.5. The SMILES string of the molecule is CCCC/C=C\C/C=C\CCCCCCCC(=O)OCCCCCCCCCCCCCCCCCCCCCCCCCC(=O)NC(CO)C(O)/C=C/CCCCCCCCCCC. The zero-order valence-corrected chi connectivity index (χ0v) is 43.5. The summed E-state index contributed by atoms with van der Waals surface area (Å²) in [4.78, 5) is 24.4. The summed E-state index contributed by atoms with van der Waals surface area (Å²) in [6.45, 7) is 4.85. The summed E-state index contributed by atoms with van der Waals surface area (Å²) in [5.41, 5.74) is 0. The molecule has 3 N–H and O–H groups in total. The van der Waals surface area contributed by atoms with E-state index in [1.54, 1.807) is 6.08 Å². The van der Waals surface area contributed by atoms with E-state index in [0.717, 1.165) is 51.4 Å². The number of ether oxygens (including phenoxy) is 1. The van der Waals surface area contributed by atoms with Crippen LogP contribution in [0.5, 0.6) is 0 Å². The molecule has 1 amide bonds. The maximum absolute atomic E-state index is 12.4. The first-order chi connectivity index (χ1) is 32.0. The molecule has 6 nitrogen and oxygen atoms in total. The molecule has 0 spiro atoms. The van der Waals surface area contributed by atoms with Crippen LogP contribution in [0.3, 0.4) is 0 Å². The molecule has 2 atom stereocenters. The van der Waals surface area contributed by atoms with E-state index >= 15 is 0 Å². The highest BCUT2D eigenvalue weighted by Crippen LogP contribution is 2.17. The Morgan fingerprint density at radius 3 is 1.22 bits per heavy atom. The lowest BCUT2D eigenvalue weighted by Crippen LogP contribution is -2.45. The summed E-state index contributed by atoms with van der Waals surface area (Å²) in [5, 5.41) is 23.0. The Morgan fingerprint density at radius 2 is 0.785 bits per heavy atom. The van der Waals surface area contributed by atoms with Crippen molar-refractivity contribution in [2.24, 2.45) is 0 Å². The molecule has 0 saturated carbocycles. The second kappa shape index (κ2) is 54.7. The van der Waals surface area contributed by atoms with E-state index in [4.69, 9.17) is 4.74 Å². The van der Waals surface area contributed by atoms with Gasteiger partial charge < -0.3 is 20.3 Å². The summed E-state index contributed by atoms with van der Waals surface area (Å²) in [5.74, 6) is -0.0700.